The van der Waals surface area contributed by atoms with Gasteiger partial charge in [-0.2, -0.15) is 0 Å². The van der Waals surface area contributed by atoms with Crippen molar-refractivity contribution in [3.63, 3.8) is 0 Å². The van der Waals surface area contributed by atoms with Crippen LogP contribution in [-0.4, -0.2) is 19.2 Å². The molecule has 1 aliphatic heterocycles. The summed E-state index contributed by atoms with van der Waals surface area (Å²) >= 11 is 0. The molecule has 17 heavy (non-hydrogen) atoms. The molecule has 0 saturated carbocycles. The SMILES string of the molecule is CC(C)(C)c1ccc(F)cc1O[C@H]1CCNC1. The first-order valence-corrected chi connectivity index (χ1v) is 6.14. The molecule has 0 aromatic heterocycles. The van der Waals surface area contributed by atoms with Crippen molar-refractivity contribution in [2.75, 3.05) is 13.1 Å². The van der Waals surface area contributed by atoms with Crippen molar-refractivity contribution in [2.24, 2.45) is 0 Å². The maximum Gasteiger partial charge on any atom is 0.126 e. The van der Waals surface area contributed by atoms with Crippen molar-refractivity contribution < 1.29 is 9.13 Å². The predicted octanol–water partition coefficient (Wildman–Crippen LogP) is 2.86. The minimum atomic E-state index is -0.237. The van der Waals surface area contributed by atoms with Crippen LogP contribution >= 0.6 is 0 Å². The summed E-state index contributed by atoms with van der Waals surface area (Å²) in [5.41, 5.74) is 1.03. The first-order valence-electron chi connectivity index (χ1n) is 6.14. The number of hydrogen-bond acceptors (Lipinski definition) is 2. The van der Waals surface area contributed by atoms with Crippen molar-refractivity contribution in [2.45, 2.75) is 38.7 Å². The zero-order valence-corrected chi connectivity index (χ0v) is 10.7. The number of rotatable bonds is 2. The molecule has 2 nitrogen and oxygen atoms in total. The van der Waals surface area contributed by atoms with Gasteiger partial charge in [-0.15, -0.1) is 0 Å². The van der Waals surface area contributed by atoms with Crippen LogP contribution in [0.2, 0.25) is 0 Å². The monoisotopic (exact) mass is 237 g/mol. The van der Waals surface area contributed by atoms with Crippen molar-refractivity contribution >= 4 is 0 Å². The van der Waals surface area contributed by atoms with E-state index in [-0.39, 0.29) is 17.3 Å². The average Bonchev–Trinajstić information content (AvgIpc) is 2.68. The van der Waals surface area contributed by atoms with Crippen molar-refractivity contribution in [3.05, 3.63) is 29.6 Å². The molecule has 0 aliphatic carbocycles. The Hall–Kier alpha value is -1.09. The van der Waals surface area contributed by atoms with Gasteiger partial charge in [0.1, 0.15) is 17.7 Å². The molecule has 0 bridgehead atoms. The van der Waals surface area contributed by atoms with Crippen molar-refractivity contribution in [1.82, 2.24) is 5.32 Å². The zero-order valence-electron chi connectivity index (χ0n) is 10.7. The van der Waals surface area contributed by atoms with E-state index in [4.69, 9.17) is 4.74 Å². The van der Waals surface area contributed by atoms with E-state index in [1.54, 1.807) is 0 Å². The number of ether oxygens (including phenoxy) is 1. The lowest BCUT2D eigenvalue weighted by molar-refractivity contribution is 0.217. The van der Waals surface area contributed by atoms with Crippen LogP contribution in [0.25, 0.3) is 0 Å². The van der Waals surface area contributed by atoms with Crippen molar-refractivity contribution in [1.29, 1.82) is 0 Å². The lowest BCUT2D eigenvalue weighted by Gasteiger charge is -2.24. The van der Waals surface area contributed by atoms with E-state index in [1.807, 2.05) is 6.07 Å². The molecule has 2 rings (SSSR count). The minimum Gasteiger partial charge on any atom is -0.489 e. The number of nitrogens with one attached hydrogen (secondary N) is 1. The van der Waals surface area contributed by atoms with Gasteiger partial charge in [-0.1, -0.05) is 26.8 Å². The number of benzene rings is 1. The maximum atomic E-state index is 13.3. The van der Waals surface area contributed by atoms with Gasteiger partial charge in [-0.25, -0.2) is 4.39 Å². The van der Waals surface area contributed by atoms with E-state index in [0.717, 1.165) is 25.1 Å². The van der Waals surface area contributed by atoms with E-state index in [1.165, 1.54) is 12.1 Å². The van der Waals surface area contributed by atoms with Crippen LogP contribution in [0, 0.1) is 5.82 Å². The summed E-state index contributed by atoms with van der Waals surface area (Å²) in [6, 6.07) is 4.83. The van der Waals surface area contributed by atoms with E-state index in [9.17, 15) is 4.39 Å². The Morgan fingerprint density at radius 2 is 2.12 bits per heavy atom. The highest BCUT2D eigenvalue weighted by atomic mass is 19.1. The largest absolute Gasteiger partial charge is 0.489 e. The fourth-order valence-electron chi connectivity index (χ4n) is 2.12. The van der Waals surface area contributed by atoms with Crippen LogP contribution in [0.1, 0.15) is 32.8 Å². The van der Waals surface area contributed by atoms with Gasteiger partial charge in [0.25, 0.3) is 0 Å². The molecule has 0 amide bonds. The van der Waals surface area contributed by atoms with Gasteiger partial charge >= 0.3 is 0 Å². The lowest BCUT2D eigenvalue weighted by Crippen LogP contribution is -2.22. The second-order valence-corrected chi connectivity index (χ2v) is 5.62. The second kappa shape index (κ2) is 4.65. The molecule has 1 fully saturated rings. The molecule has 1 atom stereocenters. The third-order valence-electron chi connectivity index (χ3n) is 3.06. The Labute approximate surface area is 102 Å². The summed E-state index contributed by atoms with van der Waals surface area (Å²) in [5.74, 6) is 0.449. The highest BCUT2D eigenvalue weighted by Crippen LogP contribution is 2.32. The summed E-state index contributed by atoms with van der Waals surface area (Å²) in [4.78, 5) is 0. The first-order chi connectivity index (χ1) is 7.97. The van der Waals surface area contributed by atoms with Crippen LogP contribution in [0.4, 0.5) is 4.39 Å². The molecule has 0 spiro atoms. The van der Waals surface area contributed by atoms with Crippen LogP contribution < -0.4 is 10.1 Å². The van der Waals surface area contributed by atoms with Gasteiger partial charge in [0.15, 0.2) is 0 Å². The zero-order chi connectivity index (χ0) is 12.5. The molecule has 1 aliphatic rings. The van der Waals surface area contributed by atoms with Gasteiger partial charge < -0.3 is 10.1 Å². The summed E-state index contributed by atoms with van der Waals surface area (Å²) in [6.07, 6.45) is 1.15. The normalized spacial score (nSPS) is 20.6. The van der Waals surface area contributed by atoms with E-state index in [2.05, 4.69) is 26.1 Å². The van der Waals surface area contributed by atoms with Crippen LogP contribution in [-0.2, 0) is 5.41 Å². The smallest absolute Gasteiger partial charge is 0.126 e. The van der Waals surface area contributed by atoms with Gasteiger partial charge in [0.05, 0.1) is 0 Å². The number of hydrogen-bond donors (Lipinski definition) is 1. The third-order valence-corrected chi connectivity index (χ3v) is 3.06. The highest BCUT2D eigenvalue weighted by Gasteiger charge is 2.23. The van der Waals surface area contributed by atoms with Gasteiger partial charge in [0.2, 0.25) is 0 Å². The molecule has 1 N–H and O–H groups in total. The fraction of sp³-hybridized carbons (Fsp3) is 0.571. The second-order valence-electron chi connectivity index (χ2n) is 5.62. The van der Waals surface area contributed by atoms with Crippen LogP contribution in [0.3, 0.4) is 0 Å². The molecular formula is C14H20FNO. The summed E-state index contributed by atoms with van der Waals surface area (Å²) in [5, 5.41) is 3.25. The van der Waals surface area contributed by atoms with Crippen LogP contribution in [0.15, 0.2) is 18.2 Å². The molecule has 1 aromatic carbocycles. The van der Waals surface area contributed by atoms with E-state index < -0.39 is 0 Å². The van der Waals surface area contributed by atoms with Gasteiger partial charge in [-0.3, -0.25) is 0 Å². The predicted molar refractivity (Wildman–Crippen MR) is 67.0 cm³/mol. The third kappa shape index (κ3) is 2.97. The van der Waals surface area contributed by atoms with E-state index >= 15 is 0 Å². The molecule has 0 unspecified atom stereocenters. The first kappa shape index (κ1) is 12.4. The average molecular weight is 237 g/mol. The quantitative estimate of drug-likeness (QED) is 0.854. The van der Waals surface area contributed by atoms with Gasteiger partial charge in [-0.05, 0) is 30.0 Å². The Balaban J connectivity index is 2.26. The minimum absolute atomic E-state index is 0.0327. The molecule has 1 heterocycles. The van der Waals surface area contributed by atoms with Crippen LogP contribution in [0.5, 0.6) is 5.75 Å². The molecule has 1 aromatic rings. The van der Waals surface area contributed by atoms with Crippen molar-refractivity contribution in [3.8, 4) is 5.75 Å². The number of halogens is 1. The van der Waals surface area contributed by atoms with Gasteiger partial charge in [0, 0.05) is 12.6 Å². The summed E-state index contributed by atoms with van der Waals surface area (Å²) in [6.45, 7) is 8.16. The molecule has 3 heteroatoms. The highest BCUT2D eigenvalue weighted by molar-refractivity contribution is 5.39. The molecule has 1 saturated heterocycles. The fourth-order valence-corrected chi connectivity index (χ4v) is 2.12. The Bertz CT molecular complexity index is 392. The Kier molecular flexibility index (Phi) is 3.38. The molecular weight excluding hydrogens is 217 g/mol. The maximum absolute atomic E-state index is 13.3. The summed E-state index contributed by atoms with van der Waals surface area (Å²) < 4.78 is 19.2. The Morgan fingerprint density at radius 1 is 1.35 bits per heavy atom. The Morgan fingerprint density at radius 3 is 2.71 bits per heavy atom. The topological polar surface area (TPSA) is 21.3 Å². The molecule has 94 valence electrons. The lowest BCUT2D eigenvalue weighted by atomic mass is 9.86. The molecule has 0 radical (unpaired) electrons. The van der Waals surface area contributed by atoms with E-state index in [0.29, 0.717) is 5.75 Å². The summed E-state index contributed by atoms with van der Waals surface area (Å²) in [7, 11) is 0. The standard InChI is InChI=1S/C14H20FNO/c1-14(2,3)12-5-4-10(15)8-13(12)17-11-6-7-16-9-11/h4-5,8,11,16H,6-7,9H2,1-3H3/t11-/m0/s1.